The molecule has 0 radical (unpaired) electrons. The smallest absolute Gasteiger partial charge is 0.248 e. The van der Waals surface area contributed by atoms with Gasteiger partial charge in [-0.15, -0.1) is 0 Å². The van der Waals surface area contributed by atoms with Crippen LogP contribution in [-0.2, 0) is 21.4 Å². The quantitative estimate of drug-likeness (QED) is 0.509. The van der Waals surface area contributed by atoms with Crippen LogP contribution in [0.2, 0.25) is 0 Å². The van der Waals surface area contributed by atoms with Crippen LogP contribution in [0.25, 0.3) is 12.2 Å². The maximum absolute atomic E-state index is 13.6. The molecule has 1 aliphatic rings. The standard InChI is InChI=1S/C26H29N3O5S/c1-19-25(24(34-28-19)15-14-20-9-4-3-5-10-20)35(31,32)29-16-8-12-22(18-29)26(30)27-17-21-11-6-7-13-23(21)33-2/h3-7,9-11,13-15,22H,8,12,16-18H2,1-2H3,(H,27,30)/b15-14+/t22-/m0/s1. The molecule has 1 aromatic heterocycles. The molecule has 1 saturated heterocycles. The minimum Gasteiger partial charge on any atom is -0.496 e. The van der Waals surface area contributed by atoms with Crippen molar-refractivity contribution < 1.29 is 22.5 Å². The van der Waals surface area contributed by atoms with Gasteiger partial charge in [-0.05, 0) is 37.5 Å². The molecule has 4 rings (SSSR count). The van der Waals surface area contributed by atoms with E-state index in [-0.39, 0.29) is 23.1 Å². The lowest BCUT2D eigenvalue weighted by molar-refractivity contribution is -0.126. The lowest BCUT2D eigenvalue weighted by Crippen LogP contribution is -2.45. The highest BCUT2D eigenvalue weighted by molar-refractivity contribution is 7.89. The van der Waals surface area contributed by atoms with Crippen molar-refractivity contribution in [1.82, 2.24) is 14.8 Å². The SMILES string of the molecule is COc1ccccc1CNC(=O)[C@H]1CCCN(S(=O)(=O)c2c(C)noc2/C=C/c2ccccc2)C1. The molecular weight excluding hydrogens is 466 g/mol. The molecule has 1 amide bonds. The first kappa shape index (κ1) is 24.7. The first-order valence-corrected chi connectivity index (χ1v) is 12.9. The van der Waals surface area contributed by atoms with E-state index in [1.54, 1.807) is 26.2 Å². The van der Waals surface area contributed by atoms with Crippen LogP contribution in [0.3, 0.4) is 0 Å². The third-order valence-corrected chi connectivity index (χ3v) is 8.08. The number of ether oxygens (including phenoxy) is 1. The van der Waals surface area contributed by atoms with E-state index in [4.69, 9.17) is 9.26 Å². The zero-order valence-electron chi connectivity index (χ0n) is 19.8. The summed E-state index contributed by atoms with van der Waals surface area (Å²) in [6.07, 6.45) is 4.60. The number of para-hydroxylation sites is 1. The fourth-order valence-electron chi connectivity index (χ4n) is 4.21. The molecule has 184 valence electrons. The van der Waals surface area contributed by atoms with Gasteiger partial charge in [0, 0.05) is 25.2 Å². The number of aromatic nitrogens is 1. The Balaban J connectivity index is 1.48. The van der Waals surface area contributed by atoms with Gasteiger partial charge in [0.05, 0.1) is 13.0 Å². The molecule has 2 aromatic carbocycles. The second-order valence-electron chi connectivity index (χ2n) is 8.44. The summed E-state index contributed by atoms with van der Waals surface area (Å²) in [6.45, 7) is 2.36. The molecule has 8 nitrogen and oxygen atoms in total. The number of methoxy groups -OCH3 is 1. The van der Waals surface area contributed by atoms with E-state index in [1.807, 2.05) is 54.6 Å². The van der Waals surface area contributed by atoms with Crippen molar-refractivity contribution in [2.24, 2.45) is 5.92 Å². The van der Waals surface area contributed by atoms with Crippen molar-refractivity contribution >= 4 is 28.1 Å². The molecule has 0 aliphatic carbocycles. The second kappa shape index (κ2) is 10.9. The Labute approximate surface area is 205 Å². The van der Waals surface area contributed by atoms with E-state index in [9.17, 15) is 13.2 Å². The molecule has 2 heterocycles. The summed E-state index contributed by atoms with van der Waals surface area (Å²) < 4.78 is 39.2. The number of carbonyl (C=O) groups is 1. The molecule has 9 heteroatoms. The zero-order chi connectivity index (χ0) is 24.8. The Kier molecular flexibility index (Phi) is 7.67. The third kappa shape index (κ3) is 5.63. The van der Waals surface area contributed by atoms with Gasteiger partial charge in [-0.3, -0.25) is 4.79 Å². The number of nitrogens with one attached hydrogen (secondary N) is 1. The lowest BCUT2D eigenvalue weighted by atomic mass is 9.98. The van der Waals surface area contributed by atoms with Crippen LogP contribution in [0.4, 0.5) is 0 Å². The zero-order valence-corrected chi connectivity index (χ0v) is 20.6. The summed E-state index contributed by atoms with van der Waals surface area (Å²) in [5.74, 6) is 0.243. The van der Waals surface area contributed by atoms with Gasteiger partial charge in [0.1, 0.15) is 11.4 Å². The maximum atomic E-state index is 13.6. The maximum Gasteiger partial charge on any atom is 0.248 e. The predicted molar refractivity (Wildman–Crippen MR) is 133 cm³/mol. The number of aryl methyl sites for hydroxylation is 1. The number of hydrogen-bond acceptors (Lipinski definition) is 6. The monoisotopic (exact) mass is 495 g/mol. The number of carbonyl (C=O) groups excluding carboxylic acids is 1. The number of benzene rings is 2. The van der Waals surface area contributed by atoms with E-state index < -0.39 is 15.9 Å². The molecular formula is C26H29N3O5S. The van der Waals surface area contributed by atoms with E-state index in [2.05, 4.69) is 10.5 Å². The molecule has 0 unspecified atom stereocenters. The number of amides is 1. The Bertz CT molecular complexity index is 1300. The first-order valence-electron chi connectivity index (χ1n) is 11.5. The Morgan fingerprint density at radius 1 is 1.17 bits per heavy atom. The molecule has 3 aromatic rings. The van der Waals surface area contributed by atoms with Gasteiger partial charge < -0.3 is 14.6 Å². The van der Waals surface area contributed by atoms with Gasteiger partial charge in [-0.2, -0.15) is 4.31 Å². The van der Waals surface area contributed by atoms with Crippen LogP contribution in [0.5, 0.6) is 5.75 Å². The molecule has 35 heavy (non-hydrogen) atoms. The summed E-state index contributed by atoms with van der Waals surface area (Å²) in [4.78, 5) is 12.9. The molecule has 1 fully saturated rings. The Hall–Kier alpha value is -3.43. The summed E-state index contributed by atoms with van der Waals surface area (Å²) in [5.41, 5.74) is 2.06. The molecule has 1 aliphatic heterocycles. The van der Waals surface area contributed by atoms with E-state index >= 15 is 0 Å². The van der Waals surface area contributed by atoms with E-state index in [0.717, 1.165) is 11.1 Å². The van der Waals surface area contributed by atoms with Crippen molar-refractivity contribution in [3.63, 3.8) is 0 Å². The van der Waals surface area contributed by atoms with Crippen LogP contribution < -0.4 is 10.1 Å². The van der Waals surface area contributed by atoms with Crippen molar-refractivity contribution in [2.75, 3.05) is 20.2 Å². The third-order valence-electron chi connectivity index (χ3n) is 6.06. The number of rotatable bonds is 8. The molecule has 1 N–H and O–H groups in total. The molecule has 0 bridgehead atoms. The average molecular weight is 496 g/mol. The largest absolute Gasteiger partial charge is 0.496 e. The normalized spacial score (nSPS) is 16.9. The van der Waals surface area contributed by atoms with Gasteiger partial charge in [0.15, 0.2) is 10.7 Å². The summed E-state index contributed by atoms with van der Waals surface area (Å²) >= 11 is 0. The highest BCUT2D eigenvalue weighted by Gasteiger charge is 2.36. The number of sulfonamides is 1. The second-order valence-corrected chi connectivity index (χ2v) is 10.3. The van der Waals surface area contributed by atoms with Gasteiger partial charge in [0.25, 0.3) is 0 Å². The number of hydrogen-bond donors (Lipinski definition) is 1. The fraction of sp³-hybridized carbons (Fsp3) is 0.308. The minimum atomic E-state index is -3.90. The van der Waals surface area contributed by atoms with Crippen molar-refractivity contribution in [1.29, 1.82) is 0 Å². The molecule has 1 atom stereocenters. The van der Waals surface area contributed by atoms with Gasteiger partial charge in [-0.1, -0.05) is 59.8 Å². The van der Waals surface area contributed by atoms with Crippen LogP contribution in [-0.4, -0.2) is 44.0 Å². The van der Waals surface area contributed by atoms with Crippen molar-refractivity contribution in [2.45, 2.75) is 31.2 Å². The average Bonchev–Trinajstić information content (AvgIpc) is 3.27. The molecule has 0 spiro atoms. The number of nitrogens with zero attached hydrogens (tertiary/aromatic N) is 2. The summed E-state index contributed by atoms with van der Waals surface area (Å²) in [6, 6.07) is 17.0. The Morgan fingerprint density at radius 2 is 1.91 bits per heavy atom. The minimum absolute atomic E-state index is 0.0414. The van der Waals surface area contributed by atoms with Crippen molar-refractivity contribution in [3.05, 3.63) is 77.2 Å². The van der Waals surface area contributed by atoms with Crippen molar-refractivity contribution in [3.8, 4) is 5.75 Å². The van der Waals surface area contributed by atoms with Gasteiger partial charge in [-0.25, -0.2) is 8.42 Å². The van der Waals surface area contributed by atoms with Gasteiger partial charge in [0.2, 0.25) is 15.9 Å². The van der Waals surface area contributed by atoms with Crippen LogP contribution >= 0.6 is 0 Å². The number of piperidine rings is 1. The predicted octanol–water partition coefficient (Wildman–Crippen LogP) is 3.88. The summed E-state index contributed by atoms with van der Waals surface area (Å²) in [7, 11) is -2.32. The summed E-state index contributed by atoms with van der Waals surface area (Å²) in [5, 5.41) is 6.83. The van der Waals surface area contributed by atoms with Gasteiger partial charge >= 0.3 is 0 Å². The molecule has 0 saturated carbocycles. The first-order chi connectivity index (χ1) is 16.9. The van der Waals surface area contributed by atoms with Crippen LogP contribution in [0, 0.1) is 12.8 Å². The van der Waals surface area contributed by atoms with E-state index in [0.29, 0.717) is 37.4 Å². The van der Waals surface area contributed by atoms with Crippen LogP contribution in [0.15, 0.2) is 64.0 Å². The van der Waals surface area contributed by atoms with E-state index in [1.165, 1.54) is 4.31 Å². The van der Waals surface area contributed by atoms with Crippen LogP contribution in [0.1, 0.15) is 35.4 Å². The highest BCUT2D eigenvalue weighted by atomic mass is 32.2. The topological polar surface area (TPSA) is 102 Å². The lowest BCUT2D eigenvalue weighted by Gasteiger charge is -2.31. The fourth-order valence-corrected chi connectivity index (χ4v) is 5.99. The highest BCUT2D eigenvalue weighted by Crippen LogP contribution is 2.29. The Morgan fingerprint density at radius 3 is 2.69 bits per heavy atom.